The van der Waals surface area contributed by atoms with Crippen LogP contribution < -0.4 is 4.74 Å². The molecule has 6 heteroatoms. The standard InChI is InChI=1S/C13H10N2O3S/c1-8-11(10(7-14)12(16)17)19-13(15-8)18-9-5-3-2-4-6-9/h2-6,10H,1H3,(H,16,17). The van der Waals surface area contributed by atoms with Gasteiger partial charge in [0.2, 0.25) is 0 Å². The third-order valence-electron chi connectivity index (χ3n) is 2.40. The lowest BCUT2D eigenvalue weighted by Crippen LogP contribution is -2.08. The fraction of sp³-hybridized carbons (Fsp3) is 0.154. The van der Waals surface area contributed by atoms with E-state index in [2.05, 4.69) is 4.98 Å². The summed E-state index contributed by atoms with van der Waals surface area (Å²) in [7, 11) is 0. The van der Waals surface area contributed by atoms with Crippen LogP contribution in [0, 0.1) is 18.3 Å². The molecule has 19 heavy (non-hydrogen) atoms. The van der Waals surface area contributed by atoms with E-state index in [1.54, 1.807) is 25.1 Å². The quantitative estimate of drug-likeness (QED) is 0.926. The minimum absolute atomic E-state index is 0.334. The van der Waals surface area contributed by atoms with Crippen LogP contribution in [0.5, 0.6) is 10.9 Å². The number of aryl methyl sites for hydroxylation is 1. The molecule has 0 aliphatic heterocycles. The highest BCUT2D eigenvalue weighted by Gasteiger charge is 2.25. The van der Waals surface area contributed by atoms with E-state index in [4.69, 9.17) is 15.1 Å². The maximum Gasteiger partial charge on any atom is 0.326 e. The first-order valence-electron chi connectivity index (χ1n) is 5.44. The van der Waals surface area contributed by atoms with Crippen molar-refractivity contribution in [2.75, 3.05) is 0 Å². The number of benzene rings is 1. The van der Waals surface area contributed by atoms with E-state index in [1.807, 2.05) is 18.2 Å². The molecule has 0 radical (unpaired) electrons. The van der Waals surface area contributed by atoms with Gasteiger partial charge in [0.15, 0.2) is 5.92 Å². The molecular formula is C13H10N2O3S. The molecule has 0 saturated heterocycles. The number of carboxylic acids is 1. The SMILES string of the molecule is Cc1nc(Oc2ccccc2)sc1C(C#N)C(=O)O. The number of ether oxygens (including phenoxy) is 1. The summed E-state index contributed by atoms with van der Waals surface area (Å²) in [5.74, 6) is -1.77. The fourth-order valence-electron chi connectivity index (χ4n) is 1.51. The molecule has 1 atom stereocenters. The van der Waals surface area contributed by atoms with Crippen LogP contribution in [0.3, 0.4) is 0 Å². The second kappa shape index (κ2) is 5.50. The average Bonchev–Trinajstić information content (AvgIpc) is 2.72. The molecule has 0 aliphatic carbocycles. The summed E-state index contributed by atoms with van der Waals surface area (Å²) in [6.45, 7) is 1.66. The Bertz CT molecular complexity index is 631. The van der Waals surface area contributed by atoms with Crippen LogP contribution in [0.2, 0.25) is 0 Å². The van der Waals surface area contributed by atoms with Gasteiger partial charge in [0.05, 0.1) is 16.6 Å². The zero-order chi connectivity index (χ0) is 13.8. The second-order valence-corrected chi connectivity index (χ2v) is 4.74. The summed E-state index contributed by atoms with van der Waals surface area (Å²) in [4.78, 5) is 15.5. The molecule has 2 aromatic rings. The van der Waals surface area contributed by atoms with E-state index in [-0.39, 0.29) is 0 Å². The first-order valence-corrected chi connectivity index (χ1v) is 6.26. The number of carbonyl (C=O) groups is 1. The van der Waals surface area contributed by atoms with Gasteiger partial charge < -0.3 is 9.84 Å². The summed E-state index contributed by atoms with van der Waals surface area (Å²) in [5, 5.41) is 18.2. The molecular weight excluding hydrogens is 264 g/mol. The lowest BCUT2D eigenvalue weighted by Gasteiger charge is -2.00. The van der Waals surface area contributed by atoms with E-state index in [0.717, 1.165) is 11.3 Å². The van der Waals surface area contributed by atoms with Gasteiger partial charge in [-0.25, -0.2) is 4.98 Å². The summed E-state index contributed by atoms with van der Waals surface area (Å²) < 4.78 is 5.52. The Hall–Kier alpha value is -2.39. The molecule has 0 saturated carbocycles. The zero-order valence-electron chi connectivity index (χ0n) is 10.0. The Morgan fingerprint density at radius 3 is 2.74 bits per heavy atom. The number of nitrogens with zero attached hydrogens (tertiary/aromatic N) is 2. The number of carboxylic acid groups (broad SMARTS) is 1. The summed E-state index contributed by atoms with van der Waals surface area (Å²) in [6.07, 6.45) is 0. The largest absolute Gasteiger partial charge is 0.480 e. The van der Waals surface area contributed by atoms with Gasteiger partial charge in [-0.05, 0) is 19.1 Å². The lowest BCUT2D eigenvalue weighted by molar-refractivity contribution is -0.137. The van der Waals surface area contributed by atoms with Crippen molar-refractivity contribution >= 4 is 17.3 Å². The molecule has 1 aromatic heterocycles. The van der Waals surface area contributed by atoms with Gasteiger partial charge in [0.25, 0.3) is 5.19 Å². The minimum atomic E-state index is -1.20. The maximum absolute atomic E-state index is 11.0. The van der Waals surface area contributed by atoms with Crippen molar-refractivity contribution in [1.29, 1.82) is 5.26 Å². The van der Waals surface area contributed by atoms with E-state index in [9.17, 15) is 4.79 Å². The average molecular weight is 274 g/mol. The van der Waals surface area contributed by atoms with Crippen LogP contribution in [0.15, 0.2) is 30.3 Å². The van der Waals surface area contributed by atoms with E-state index < -0.39 is 11.9 Å². The first kappa shape index (κ1) is 13.1. The van der Waals surface area contributed by atoms with Crippen LogP contribution in [-0.2, 0) is 4.79 Å². The highest BCUT2D eigenvalue weighted by molar-refractivity contribution is 7.13. The molecule has 0 fully saturated rings. The molecule has 0 spiro atoms. The number of para-hydroxylation sites is 1. The van der Waals surface area contributed by atoms with Gasteiger partial charge in [-0.3, -0.25) is 4.79 Å². The maximum atomic E-state index is 11.0. The smallest absolute Gasteiger partial charge is 0.326 e. The van der Waals surface area contributed by atoms with Crippen molar-refractivity contribution in [1.82, 2.24) is 4.98 Å². The normalized spacial score (nSPS) is 11.6. The summed E-state index contributed by atoms with van der Waals surface area (Å²) >= 11 is 1.08. The number of aliphatic carboxylic acids is 1. The molecule has 0 amide bonds. The third kappa shape index (κ3) is 2.89. The second-order valence-electron chi connectivity index (χ2n) is 3.74. The molecule has 1 N–H and O–H groups in total. The number of nitriles is 1. The predicted molar refractivity (Wildman–Crippen MR) is 69.4 cm³/mol. The Labute approximate surface area is 113 Å². The molecule has 2 rings (SSSR count). The number of thiazole rings is 1. The molecule has 0 bridgehead atoms. The Balaban J connectivity index is 2.27. The van der Waals surface area contributed by atoms with E-state index in [0.29, 0.717) is 21.5 Å². The van der Waals surface area contributed by atoms with Crippen molar-refractivity contribution in [3.8, 4) is 17.0 Å². The third-order valence-corrected chi connectivity index (χ3v) is 3.50. The molecule has 5 nitrogen and oxygen atoms in total. The van der Waals surface area contributed by atoms with E-state index >= 15 is 0 Å². The van der Waals surface area contributed by atoms with Crippen molar-refractivity contribution in [3.63, 3.8) is 0 Å². The molecule has 1 heterocycles. The first-order chi connectivity index (χ1) is 9.11. The van der Waals surface area contributed by atoms with Gasteiger partial charge in [-0.15, -0.1) is 0 Å². The number of aromatic nitrogens is 1. The Kier molecular flexibility index (Phi) is 3.78. The Morgan fingerprint density at radius 2 is 2.16 bits per heavy atom. The topological polar surface area (TPSA) is 83.2 Å². The van der Waals surface area contributed by atoms with Crippen LogP contribution in [-0.4, -0.2) is 16.1 Å². The van der Waals surface area contributed by atoms with Gasteiger partial charge in [-0.2, -0.15) is 5.26 Å². The van der Waals surface area contributed by atoms with Crippen molar-refractivity contribution in [3.05, 3.63) is 40.9 Å². The van der Waals surface area contributed by atoms with Gasteiger partial charge in [0, 0.05) is 0 Å². The number of rotatable bonds is 4. The van der Waals surface area contributed by atoms with Gasteiger partial charge in [0.1, 0.15) is 5.75 Å². The number of hydrogen-bond donors (Lipinski definition) is 1. The highest BCUT2D eigenvalue weighted by Crippen LogP contribution is 2.33. The number of hydrogen-bond acceptors (Lipinski definition) is 5. The molecule has 1 unspecified atom stereocenters. The highest BCUT2D eigenvalue weighted by atomic mass is 32.1. The Morgan fingerprint density at radius 1 is 1.47 bits per heavy atom. The summed E-state index contributed by atoms with van der Waals surface area (Å²) in [6, 6.07) is 10.8. The van der Waals surface area contributed by atoms with Gasteiger partial charge in [-0.1, -0.05) is 29.5 Å². The van der Waals surface area contributed by atoms with Crippen LogP contribution in [0.25, 0.3) is 0 Å². The zero-order valence-corrected chi connectivity index (χ0v) is 10.8. The summed E-state index contributed by atoms with van der Waals surface area (Å²) in [5.41, 5.74) is 0.505. The molecule has 0 aliphatic rings. The fourth-order valence-corrected chi connectivity index (χ4v) is 2.48. The predicted octanol–water partition coefficient (Wildman–Crippen LogP) is 2.94. The van der Waals surface area contributed by atoms with Crippen LogP contribution >= 0.6 is 11.3 Å². The van der Waals surface area contributed by atoms with Crippen molar-refractivity contribution in [2.24, 2.45) is 0 Å². The van der Waals surface area contributed by atoms with Crippen molar-refractivity contribution < 1.29 is 14.6 Å². The monoisotopic (exact) mass is 274 g/mol. The molecule has 96 valence electrons. The lowest BCUT2D eigenvalue weighted by atomic mass is 10.1. The molecule has 1 aromatic carbocycles. The van der Waals surface area contributed by atoms with E-state index in [1.165, 1.54) is 0 Å². The minimum Gasteiger partial charge on any atom is -0.480 e. The van der Waals surface area contributed by atoms with Crippen molar-refractivity contribution in [2.45, 2.75) is 12.8 Å². The van der Waals surface area contributed by atoms with Gasteiger partial charge >= 0.3 is 5.97 Å². The van der Waals surface area contributed by atoms with Crippen LogP contribution in [0.1, 0.15) is 16.5 Å². The van der Waals surface area contributed by atoms with Crippen LogP contribution in [0.4, 0.5) is 0 Å².